The average molecular weight is 272 g/mol. The number of imidazole rings is 1. The summed E-state index contributed by atoms with van der Waals surface area (Å²) in [6.07, 6.45) is 3.26. The highest BCUT2D eigenvalue weighted by Gasteiger charge is 2.24. The zero-order chi connectivity index (χ0) is 14.3. The molecule has 0 radical (unpaired) electrons. The van der Waals surface area contributed by atoms with Crippen LogP contribution in [0.4, 0.5) is 4.39 Å². The maximum Gasteiger partial charge on any atom is 0.153 e. The van der Waals surface area contributed by atoms with Gasteiger partial charge < -0.3 is 5.11 Å². The van der Waals surface area contributed by atoms with Crippen LogP contribution in [0.5, 0.6) is 0 Å². The third-order valence-corrected chi connectivity index (χ3v) is 3.03. The topological polar surface area (TPSA) is 76.4 Å². The van der Waals surface area contributed by atoms with E-state index in [4.69, 9.17) is 5.73 Å². The molecule has 0 saturated heterocycles. The van der Waals surface area contributed by atoms with Gasteiger partial charge in [0.05, 0.1) is 5.69 Å². The summed E-state index contributed by atoms with van der Waals surface area (Å²) in [4.78, 5) is 4.10. The average Bonchev–Trinajstić information content (AvgIpc) is 2.83. The van der Waals surface area contributed by atoms with Crippen molar-refractivity contribution in [2.45, 2.75) is 12.6 Å². The second-order valence-corrected chi connectivity index (χ2v) is 4.79. The zero-order valence-corrected chi connectivity index (χ0v) is 10.8. The Morgan fingerprint density at radius 2 is 2.15 bits per heavy atom. The molecule has 5 nitrogen and oxygen atoms in total. The molecule has 102 valence electrons. The summed E-state index contributed by atoms with van der Waals surface area (Å²) < 4.78 is 14.9. The van der Waals surface area contributed by atoms with Crippen LogP contribution >= 0.6 is 0 Å². The molecule has 0 amide bonds. The lowest BCUT2D eigenvalue weighted by atomic mass is 9.99. The first kappa shape index (κ1) is 12.7. The minimum absolute atomic E-state index is 0.377. The van der Waals surface area contributed by atoms with Gasteiger partial charge in [0.1, 0.15) is 11.5 Å². The van der Waals surface area contributed by atoms with E-state index in [-0.39, 0.29) is 5.82 Å². The first-order valence-corrected chi connectivity index (χ1v) is 6.07. The van der Waals surface area contributed by atoms with E-state index in [2.05, 4.69) is 10.1 Å². The van der Waals surface area contributed by atoms with Crippen molar-refractivity contribution in [1.29, 1.82) is 0 Å². The van der Waals surface area contributed by atoms with Gasteiger partial charge in [-0.2, -0.15) is 5.10 Å². The summed E-state index contributed by atoms with van der Waals surface area (Å²) in [6, 6.07) is 7.63. The summed E-state index contributed by atoms with van der Waals surface area (Å²) in [5.74, 6) is -0.377. The molecule has 0 aliphatic carbocycles. The monoisotopic (exact) mass is 272 g/mol. The van der Waals surface area contributed by atoms with Gasteiger partial charge in [-0.1, -0.05) is 12.1 Å². The molecule has 1 aromatic carbocycles. The number of hydrogen-bond acceptors (Lipinski definition) is 4. The lowest BCUT2D eigenvalue weighted by molar-refractivity contribution is 0.0649. The Kier molecular flexibility index (Phi) is 2.77. The van der Waals surface area contributed by atoms with E-state index in [1.165, 1.54) is 19.1 Å². The summed E-state index contributed by atoms with van der Waals surface area (Å²) in [7, 11) is 0. The number of fused-ring (bicyclic) bond motifs is 1. The number of benzene rings is 1. The minimum atomic E-state index is -1.59. The van der Waals surface area contributed by atoms with Crippen molar-refractivity contribution in [2.24, 2.45) is 5.73 Å². The summed E-state index contributed by atoms with van der Waals surface area (Å²) >= 11 is 0. The third kappa shape index (κ3) is 2.15. The van der Waals surface area contributed by atoms with Crippen molar-refractivity contribution >= 4 is 5.65 Å². The van der Waals surface area contributed by atoms with Gasteiger partial charge in [0.25, 0.3) is 0 Å². The first-order chi connectivity index (χ1) is 9.45. The fourth-order valence-corrected chi connectivity index (χ4v) is 2.09. The maximum absolute atomic E-state index is 13.4. The maximum atomic E-state index is 13.4. The fraction of sp³-hybridized carbons (Fsp3) is 0.143. The van der Waals surface area contributed by atoms with E-state index in [1.54, 1.807) is 35.1 Å². The molecule has 0 bridgehead atoms. The molecule has 0 spiro atoms. The van der Waals surface area contributed by atoms with Gasteiger partial charge in [-0.05, 0) is 25.1 Å². The molecule has 3 N–H and O–H groups in total. The molecule has 0 fully saturated rings. The van der Waals surface area contributed by atoms with E-state index >= 15 is 0 Å². The molecule has 1 atom stereocenters. The van der Waals surface area contributed by atoms with Crippen LogP contribution in [-0.2, 0) is 5.72 Å². The molecule has 1 unspecified atom stereocenters. The van der Waals surface area contributed by atoms with Crippen LogP contribution in [0, 0.1) is 5.82 Å². The Morgan fingerprint density at radius 3 is 2.85 bits per heavy atom. The highest BCUT2D eigenvalue weighted by atomic mass is 19.1. The predicted molar refractivity (Wildman–Crippen MR) is 72.1 cm³/mol. The van der Waals surface area contributed by atoms with Crippen LogP contribution in [-0.4, -0.2) is 19.7 Å². The SMILES string of the molecule is CC(N)(O)c1cc2nccn2nc1-c1cccc(F)c1. The molecule has 0 aliphatic rings. The largest absolute Gasteiger partial charge is 0.372 e. The van der Waals surface area contributed by atoms with Crippen molar-refractivity contribution in [2.75, 3.05) is 0 Å². The molecule has 0 saturated carbocycles. The Hall–Kier alpha value is -2.31. The Balaban J connectivity index is 2.32. The minimum Gasteiger partial charge on any atom is -0.372 e. The third-order valence-electron chi connectivity index (χ3n) is 3.03. The molecule has 3 rings (SSSR count). The summed E-state index contributed by atoms with van der Waals surface area (Å²) in [5, 5.41) is 14.5. The van der Waals surface area contributed by atoms with Crippen LogP contribution in [0.2, 0.25) is 0 Å². The van der Waals surface area contributed by atoms with Gasteiger partial charge in [-0.25, -0.2) is 13.9 Å². The van der Waals surface area contributed by atoms with E-state index in [0.717, 1.165) is 0 Å². The van der Waals surface area contributed by atoms with Gasteiger partial charge in [0.2, 0.25) is 0 Å². The number of hydrogen-bond donors (Lipinski definition) is 2. The number of aliphatic hydroxyl groups is 1. The fourth-order valence-electron chi connectivity index (χ4n) is 2.09. The smallest absolute Gasteiger partial charge is 0.153 e. The van der Waals surface area contributed by atoms with Gasteiger partial charge in [-0.3, -0.25) is 5.73 Å². The van der Waals surface area contributed by atoms with Crippen molar-refractivity contribution in [1.82, 2.24) is 14.6 Å². The van der Waals surface area contributed by atoms with Crippen molar-refractivity contribution in [3.05, 3.63) is 54.1 Å². The number of nitrogens with zero attached hydrogens (tertiary/aromatic N) is 3. The van der Waals surface area contributed by atoms with Crippen LogP contribution in [0.25, 0.3) is 16.9 Å². The lowest BCUT2D eigenvalue weighted by Gasteiger charge is -2.21. The van der Waals surface area contributed by atoms with Gasteiger partial charge in [0, 0.05) is 23.5 Å². The molecule has 2 heterocycles. The Morgan fingerprint density at radius 1 is 1.35 bits per heavy atom. The molecule has 6 heteroatoms. The van der Waals surface area contributed by atoms with E-state index in [1.807, 2.05) is 0 Å². The van der Waals surface area contributed by atoms with Crippen LogP contribution < -0.4 is 5.73 Å². The van der Waals surface area contributed by atoms with Crippen LogP contribution in [0.3, 0.4) is 0 Å². The van der Waals surface area contributed by atoms with Gasteiger partial charge in [0.15, 0.2) is 5.65 Å². The highest BCUT2D eigenvalue weighted by Crippen LogP contribution is 2.28. The predicted octanol–water partition coefficient (Wildman–Crippen LogP) is 1.66. The first-order valence-electron chi connectivity index (χ1n) is 6.07. The number of rotatable bonds is 2. The molecule has 2 aromatic heterocycles. The summed E-state index contributed by atoms with van der Waals surface area (Å²) in [5.41, 5.74) is 6.10. The molecule has 0 aliphatic heterocycles. The van der Waals surface area contributed by atoms with Crippen molar-refractivity contribution in [3.63, 3.8) is 0 Å². The number of nitrogens with two attached hydrogens (primary N) is 1. The van der Waals surface area contributed by atoms with Crippen molar-refractivity contribution in [3.8, 4) is 11.3 Å². The van der Waals surface area contributed by atoms with Crippen LogP contribution in [0.1, 0.15) is 12.5 Å². The lowest BCUT2D eigenvalue weighted by Crippen LogP contribution is -2.33. The second-order valence-electron chi connectivity index (χ2n) is 4.79. The van der Waals surface area contributed by atoms with E-state index in [9.17, 15) is 9.50 Å². The second kappa shape index (κ2) is 4.36. The number of aromatic nitrogens is 3. The number of halogens is 1. The van der Waals surface area contributed by atoms with Gasteiger partial charge in [-0.15, -0.1) is 0 Å². The molecular formula is C14H13FN4O. The molecule has 3 aromatic rings. The van der Waals surface area contributed by atoms with Gasteiger partial charge >= 0.3 is 0 Å². The van der Waals surface area contributed by atoms with E-state index in [0.29, 0.717) is 22.5 Å². The molecular weight excluding hydrogens is 259 g/mol. The normalized spacial score (nSPS) is 14.4. The highest BCUT2D eigenvalue weighted by molar-refractivity contribution is 5.66. The quantitative estimate of drug-likeness (QED) is 0.696. The Bertz CT molecular complexity index is 776. The van der Waals surface area contributed by atoms with Crippen LogP contribution in [0.15, 0.2) is 42.7 Å². The van der Waals surface area contributed by atoms with Crippen molar-refractivity contribution < 1.29 is 9.50 Å². The summed E-state index contributed by atoms with van der Waals surface area (Å²) in [6.45, 7) is 1.45. The standard InChI is InChI=1S/C14H13FN4O/c1-14(16,20)11-8-12-17-5-6-19(12)18-13(11)9-3-2-4-10(15)7-9/h2-8,20H,16H2,1H3. The zero-order valence-electron chi connectivity index (χ0n) is 10.8. The molecule has 20 heavy (non-hydrogen) atoms. The van der Waals surface area contributed by atoms with E-state index < -0.39 is 5.72 Å². The Labute approximate surface area is 114 Å².